The van der Waals surface area contributed by atoms with Gasteiger partial charge in [0.15, 0.2) is 0 Å². The van der Waals surface area contributed by atoms with Crippen molar-refractivity contribution in [2.75, 3.05) is 0 Å². The Morgan fingerprint density at radius 1 is 0.933 bits per heavy atom. The van der Waals surface area contributed by atoms with Crippen molar-refractivity contribution < 1.29 is 4.39 Å². The fourth-order valence-corrected chi connectivity index (χ4v) is 4.27. The number of hydrogen-bond acceptors (Lipinski definition) is 0. The summed E-state index contributed by atoms with van der Waals surface area (Å²) >= 11 is 6.23. The third kappa shape index (κ3) is 6.45. The summed E-state index contributed by atoms with van der Waals surface area (Å²) in [6.07, 6.45) is 8.72. The molecule has 0 bridgehead atoms. The average Bonchev–Trinajstić information content (AvgIpc) is 2.75. The van der Waals surface area contributed by atoms with E-state index < -0.39 is 0 Å². The van der Waals surface area contributed by atoms with Gasteiger partial charge in [-0.25, -0.2) is 4.39 Å². The van der Waals surface area contributed by atoms with Crippen molar-refractivity contribution in [2.24, 2.45) is 0 Å². The van der Waals surface area contributed by atoms with Gasteiger partial charge >= 0.3 is 0 Å². The van der Waals surface area contributed by atoms with Crippen LogP contribution in [0.2, 0.25) is 5.02 Å². The van der Waals surface area contributed by atoms with Crippen LogP contribution in [0.5, 0.6) is 0 Å². The van der Waals surface area contributed by atoms with E-state index in [4.69, 9.17) is 11.6 Å². The van der Waals surface area contributed by atoms with E-state index in [1.54, 1.807) is 6.07 Å². The van der Waals surface area contributed by atoms with Crippen LogP contribution in [0.25, 0.3) is 5.57 Å². The molecule has 1 unspecified atom stereocenters. The molecule has 0 spiro atoms. The molecule has 0 saturated carbocycles. The van der Waals surface area contributed by atoms with E-state index in [9.17, 15) is 4.39 Å². The smallest absolute Gasteiger partial charge is 0.142 e. The number of benzene rings is 2. The van der Waals surface area contributed by atoms with Crippen molar-refractivity contribution in [3.63, 3.8) is 0 Å². The molecule has 2 aromatic carbocycles. The maximum Gasteiger partial charge on any atom is 0.142 e. The summed E-state index contributed by atoms with van der Waals surface area (Å²) in [6.45, 7) is 11.1. The largest absolute Gasteiger partial charge is 0.205 e. The molecule has 2 rings (SSSR count). The molecule has 0 aromatic heterocycles. The molecular formula is C28H38ClF. The zero-order valence-electron chi connectivity index (χ0n) is 19.5. The van der Waals surface area contributed by atoms with E-state index in [0.29, 0.717) is 5.92 Å². The SMILES string of the molecule is CCCC/C(=C(/C)C(C)c1ccc(CCCC)cc1)c1cc(Cl)c(F)cc1CCC. The van der Waals surface area contributed by atoms with Gasteiger partial charge in [-0.15, -0.1) is 0 Å². The first-order valence-electron chi connectivity index (χ1n) is 11.7. The number of rotatable bonds is 11. The Labute approximate surface area is 188 Å². The molecule has 2 heteroatoms. The zero-order valence-corrected chi connectivity index (χ0v) is 20.2. The van der Waals surface area contributed by atoms with Crippen LogP contribution in [0.1, 0.15) is 101 Å². The van der Waals surface area contributed by atoms with Crippen molar-refractivity contribution in [1.29, 1.82) is 0 Å². The summed E-state index contributed by atoms with van der Waals surface area (Å²) in [6, 6.07) is 12.6. The van der Waals surface area contributed by atoms with Crippen molar-refractivity contribution >= 4 is 17.2 Å². The highest BCUT2D eigenvalue weighted by molar-refractivity contribution is 6.31. The molecule has 0 aliphatic carbocycles. The van der Waals surface area contributed by atoms with Gasteiger partial charge in [0, 0.05) is 5.92 Å². The second-order valence-electron chi connectivity index (χ2n) is 8.51. The summed E-state index contributed by atoms with van der Waals surface area (Å²) in [7, 11) is 0. The Kier molecular flexibility index (Phi) is 10.1. The first kappa shape index (κ1) is 24.7. The Bertz CT molecular complexity index is 832. The molecule has 1 atom stereocenters. The molecule has 0 heterocycles. The predicted molar refractivity (Wildman–Crippen MR) is 131 cm³/mol. The number of hydrogen-bond donors (Lipinski definition) is 0. The Balaban J connectivity index is 2.47. The van der Waals surface area contributed by atoms with Gasteiger partial charge in [0.25, 0.3) is 0 Å². The summed E-state index contributed by atoms with van der Waals surface area (Å²) in [4.78, 5) is 0. The normalized spacial score (nSPS) is 13.3. The number of allylic oxidation sites excluding steroid dienone is 2. The summed E-state index contributed by atoms with van der Waals surface area (Å²) < 4.78 is 14.2. The quantitative estimate of drug-likeness (QED) is 0.334. The summed E-state index contributed by atoms with van der Waals surface area (Å²) in [5, 5.41) is 0.222. The molecule has 0 fully saturated rings. The third-order valence-corrected chi connectivity index (χ3v) is 6.48. The van der Waals surface area contributed by atoms with Gasteiger partial charge in [-0.2, -0.15) is 0 Å². The highest BCUT2D eigenvalue weighted by atomic mass is 35.5. The van der Waals surface area contributed by atoms with E-state index in [2.05, 4.69) is 58.9 Å². The van der Waals surface area contributed by atoms with E-state index in [-0.39, 0.29) is 10.8 Å². The maximum absolute atomic E-state index is 14.2. The van der Waals surface area contributed by atoms with Crippen molar-refractivity contribution in [3.05, 3.63) is 75.1 Å². The Hall–Kier alpha value is -1.60. The first-order chi connectivity index (χ1) is 14.4. The average molecular weight is 429 g/mol. The van der Waals surface area contributed by atoms with Crippen molar-refractivity contribution in [2.45, 2.75) is 91.9 Å². The van der Waals surface area contributed by atoms with Crippen LogP contribution < -0.4 is 0 Å². The topological polar surface area (TPSA) is 0 Å². The van der Waals surface area contributed by atoms with Gasteiger partial charge in [-0.3, -0.25) is 0 Å². The minimum atomic E-state index is -0.313. The van der Waals surface area contributed by atoms with E-state index in [0.717, 1.165) is 49.7 Å². The lowest BCUT2D eigenvalue weighted by Gasteiger charge is -2.22. The molecular weight excluding hydrogens is 391 g/mol. The Morgan fingerprint density at radius 2 is 1.60 bits per heavy atom. The molecule has 0 aliphatic rings. The molecule has 0 N–H and O–H groups in total. The van der Waals surface area contributed by atoms with Crippen LogP contribution in [-0.2, 0) is 12.8 Å². The fraction of sp³-hybridized carbons (Fsp3) is 0.500. The lowest BCUT2D eigenvalue weighted by molar-refractivity contribution is 0.625. The minimum Gasteiger partial charge on any atom is -0.205 e. The van der Waals surface area contributed by atoms with Gasteiger partial charge in [-0.1, -0.05) is 88.4 Å². The van der Waals surface area contributed by atoms with Crippen LogP contribution in [-0.4, -0.2) is 0 Å². The van der Waals surface area contributed by atoms with Gasteiger partial charge in [0.2, 0.25) is 0 Å². The minimum absolute atomic E-state index is 0.222. The summed E-state index contributed by atoms with van der Waals surface area (Å²) in [5.74, 6) is 0.00228. The molecule has 0 nitrogen and oxygen atoms in total. The third-order valence-electron chi connectivity index (χ3n) is 6.20. The van der Waals surface area contributed by atoms with Crippen LogP contribution in [0.15, 0.2) is 42.0 Å². The highest BCUT2D eigenvalue weighted by Crippen LogP contribution is 2.37. The monoisotopic (exact) mass is 428 g/mol. The van der Waals surface area contributed by atoms with E-state index in [1.807, 2.05) is 6.07 Å². The Morgan fingerprint density at radius 3 is 2.20 bits per heavy atom. The van der Waals surface area contributed by atoms with Crippen molar-refractivity contribution in [1.82, 2.24) is 0 Å². The lowest BCUT2D eigenvalue weighted by atomic mass is 9.83. The number of halogens is 2. The molecule has 0 radical (unpaired) electrons. The second kappa shape index (κ2) is 12.3. The van der Waals surface area contributed by atoms with Crippen LogP contribution >= 0.6 is 11.6 Å². The maximum atomic E-state index is 14.2. The highest BCUT2D eigenvalue weighted by Gasteiger charge is 2.18. The lowest BCUT2D eigenvalue weighted by Crippen LogP contribution is -2.03. The molecule has 0 amide bonds. The first-order valence-corrected chi connectivity index (χ1v) is 12.1. The predicted octanol–water partition coefficient (Wildman–Crippen LogP) is 9.54. The molecule has 0 aliphatic heterocycles. The number of unbranched alkanes of at least 4 members (excludes halogenated alkanes) is 2. The van der Waals surface area contributed by atoms with Crippen LogP contribution in [0, 0.1) is 5.82 Å². The van der Waals surface area contributed by atoms with Gasteiger partial charge in [0.05, 0.1) is 5.02 Å². The van der Waals surface area contributed by atoms with Crippen LogP contribution in [0.4, 0.5) is 4.39 Å². The molecule has 30 heavy (non-hydrogen) atoms. The van der Waals surface area contributed by atoms with Gasteiger partial charge < -0.3 is 0 Å². The molecule has 164 valence electrons. The summed E-state index contributed by atoms with van der Waals surface area (Å²) in [5.41, 5.74) is 7.67. The standard InChI is InChI=1S/C28H38ClF/c1-6-9-12-22-14-16-23(17-15-22)20(4)21(5)25(13-10-7-2)26-19-27(29)28(30)18-24(26)11-8-3/h14-20H,6-13H2,1-5H3/b25-21+. The van der Waals surface area contributed by atoms with Gasteiger partial charge in [0.1, 0.15) is 5.82 Å². The van der Waals surface area contributed by atoms with Crippen LogP contribution in [0.3, 0.4) is 0 Å². The van der Waals surface area contributed by atoms with E-state index >= 15 is 0 Å². The van der Waals surface area contributed by atoms with Gasteiger partial charge in [-0.05, 0) is 79.0 Å². The number of aryl methyl sites for hydroxylation is 2. The second-order valence-corrected chi connectivity index (χ2v) is 8.91. The van der Waals surface area contributed by atoms with Crippen molar-refractivity contribution in [3.8, 4) is 0 Å². The molecule has 2 aromatic rings. The molecule has 0 saturated heterocycles. The zero-order chi connectivity index (χ0) is 22.1. The fourth-order valence-electron chi connectivity index (χ4n) is 4.11. The van der Waals surface area contributed by atoms with E-state index in [1.165, 1.54) is 35.1 Å².